The Balaban J connectivity index is 1.25. The molecule has 0 aliphatic carbocycles. The van der Waals surface area contributed by atoms with Crippen molar-refractivity contribution in [2.75, 3.05) is 37.7 Å². The Kier molecular flexibility index (Phi) is 22.7. The first-order valence-electron chi connectivity index (χ1n) is 27.1. The minimum atomic E-state index is -1.48. The van der Waals surface area contributed by atoms with Crippen molar-refractivity contribution in [2.24, 2.45) is 17.8 Å². The Hall–Kier alpha value is -7.90. The quantitative estimate of drug-likeness (QED) is 0.0419. The van der Waals surface area contributed by atoms with Gasteiger partial charge < -0.3 is 71.8 Å². The van der Waals surface area contributed by atoms with Crippen molar-refractivity contribution in [2.45, 2.75) is 141 Å². The van der Waals surface area contributed by atoms with Gasteiger partial charge in [0.1, 0.15) is 60.9 Å². The van der Waals surface area contributed by atoms with Gasteiger partial charge in [-0.25, -0.2) is 9.97 Å². The number of aromatic nitrogens is 2. The SMILES string of the molecule is CCC[C@@H]1NC(=O)[C@@H]2C[C@H](C)CN2C(=O)[C@@H](NC=O)CNC(=O)[C@@H](CSSC[C@H]2NC(=O)c3coc(n3)[C@H](C)NC(=O)C(=O)[C@H](CC(C)C)NC(=O)[C@@H]3C[C@H](C)CN3C(=O)[C@@H](NC=O)CNC2=O)NC(=O)c2coc(n2)[C@H](C)NC(=O)C1=O. The van der Waals surface area contributed by atoms with Gasteiger partial charge in [0.25, 0.3) is 23.6 Å². The summed E-state index contributed by atoms with van der Waals surface area (Å²) in [5, 5.41) is 25.2. The second-order valence-electron chi connectivity index (χ2n) is 21.3. The third kappa shape index (κ3) is 16.7. The second-order valence-corrected chi connectivity index (χ2v) is 23.8. The monoisotopic (exact) mass is 1200 g/mol. The van der Waals surface area contributed by atoms with Crippen LogP contribution in [-0.2, 0) is 57.5 Å². The molecule has 0 spiro atoms. The number of nitrogens with one attached hydrogen (secondary N) is 10. The van der Waals surface area contributed by atoms with Crippen LogP contribution >= 0.6 is 21.6 Å². The van der Waals surface area contributed by atoms with Gasteiger partial charge >= 0.3 is 0 Å². The van der Waals surface area contributed by atoms with Crippen molar-refractivity contribution in [3.63, 3.8) is 0 Å². The molecule has 10 N–H and O–H groups in total. The fraction of sp³-hybridized carbons (Fsp3) is 0.608. The average molecular weight is 1200 g/mol. The summed E-state index contributed by atoms with van der Waals surface area (Å²) in [5.74, 6) is -12.4. The maximum absolute atomic E-state index is 14.2. The summed E-state index contributed by atoms with van der Waals surface area (Å²) in [7, 11) is 1.84. The van der Waals surface area contributed by atoms with Crippen LogP contribution in [0.3, 0.4) is 0 Å². The number of ketones is 2. The van der Waals surface area contributed by atoms with E-state index in [-0.39, 0.29) is 104 Å². The fourth-order valence-corrected chi connectivity index (χ4v) is 12.1. The van der Waals surface area contributed by atoms with Gasteiger partial charge in [0.2, 0.25) is 71.6 Å². The number of hydrogen-bond acceptors (Lipinski definition) is 20. The molecule has 2 aromatic heterocycles. The van der Waals surface area contributed by atoms with Gasteiger partial charge in [-0.1, -0.05) is 62.6 Å². The van der Waals surface area contributed by atoms with Crippen LogP contribution in [0.25, 0.3) is 0 Å². The van der Waals surface area contributed by atoms with Crippen molar-refractivity contribution in [3.8, 4) is 0 Å². The van der Waals surface area contributed by atoms with Crippen molar-refractivity contribution in [1.29, 1.82) is 0 Å². The molecule has 6 heterocycles. The van der Waals surface area contributed by atoms with Crippen LogP contribution < -0.4 is 53.2 Å². The van der Waals surface area contributed by atoms with E-state index in [0.717, 1.165) is 34.1 Å². The molecule has 2 fully saturated rings. The molecule has 4 bridgehead atoms. The minimum absolute atomic E-state index is 0.0555. The third-order valence-corrected chi connectivity index (χ3v) is 16.4. The van der Waals surface area contributed by atoms with Crippen LogP contribution in [0, 0.1) is 17.8 Å². The third-order valence-electron chi connectivity index (χ3n) is 14.0. The maximum atomic E-state index is 14.2. The molecule has 4 aliphatic heterocycles. The van der Waals surface area contributed by atoms with E-state index in [0.29, 0.717) is 6.42 Å². The molecular formula is C51H70N14O16S2. The zero-order valence-corrected chi connectivity index (χ0v) is 48.4. The molecule has 6 rings (SSSR count). The predicted octanol–water partition coefficient (Wildman–Crippen LogP) is -2.79. The van der Waals surface area contributed by atoms with E-state index in [1.54, 1.807) is 34.6 Å². The van der Waals surface area contributed by atoms with E-state index in [4.69, 9.17) is 8.83 Å². The number of carbonyl (C=O) groups is 14. The fourth-order valence-electron chi connectivity index (χ4n) is 9.74. The Morgan fingerprint density at radius 1 is 0.578 bits per heavy atom. The highest BCUT2D eigenvalue weighted by molar-refractivity contribution is 8.76. The largest absolute Gasteiger partial charge is 0.446 e. The van der Waals surface area contributed by atoms with Crippen molar-refractivity contribution >= 4 is 105 Å². The average Bonchev–Trinajstić information content (AvgIpc) is 4.18. The lowest BCUT2D eigenvalue weighted by Gasteiger charge is -2.30. The first kappa shape index (κ1) is 64.3. The van der Waals surface area contributed by atoms with Crippen LogP contribution in [0.2, 0.25) is 0 Å². The molecule has 4 aliphatic rings. The zero-order chi connectivity index (χ0) is 60.8. The highest BCUT2D eigenvalue weighted by Gasteiger charge is 2.44. The van der Waals surface area contributed by atoms with Gasteiger partial charge in [-0.15, -0.1) is 0 Å². The molecule has 30 nitrogen and oxygen atoms in total. The molecule has 452 valence electrons. The van der Waals surface area contributed by atoms with E-state index in [9.17, 15) is 67.1 Å². The number of carbonyl (C=O) groups excluding carboxylic acids is 14. The number of oxazole rings is 2. The van der Waals surface area contributed by atoms with Gasteiger partial charge in [0.15, 0.2) is 11.4 Å². The van der Waals surface area contributed by atoms with Crippen LogP contribution in [0.4, 0.5) is 0 Å². The molecule has 32 heteroatoms. The summed E-state index contributed by atoms with van der Waals surface area (Å²) < 4.78 is 11.0. The highest BCUT2D eigenvalue weighted by Crippen LogP contribution is 2.28. The van der Waals surface area contributed by atoms with Gasteiger partial charge in [0, 0.05) is 37.7 Å². The summed E-state index contributed by atoms with van der Waals surface area (Å²) >= 11 is 0. The highest BCUT2D eigenvalue weighted by atomic mass is 33.1. The zero-order valence-electron chi connectivity index (χ0n) is 46.7. The summed E-state index contributed by atoms with van der Waals surface area (Å²) in [4.78, 5) is 200. The lowest BCUT2D eigenvalue weighted by molar-refractivity contribution is -0.143. The molecule has 12 amide bonds. The van der Waals surface area contributed by atoms with E-state index >= 15 is 0 Å². The van der Waals surface area contributed by atoms with Crippen LogP contribution in [-0.4, -0.2) is 189 Å². The molecule has 2 saturated heterocycles. The minimum Gasteiger partial charge on any atom is -0.446 e. The van der Waals surface area contributed by atoms with Crippen LogP contribution in [0.5, 0.6) is 0 Å². The Morgan fingerprint density at radius 3 is 1.39 bits per heavy atom. The molecule has 2 aromatic rings. The molecular weight excluding hydrogens is 1130 g/mol. The lowest BCUT2D eigenvalue weighted by atomic mass is 9.98. The molecule has 83 heavy (non-hydrogen) atoms. The van der Waals surface area contributed by atoms with Gasteiger partial charge in [0.05, 0.1) is 12.1 Å². The number of rotatable bonds is 13. The Morgan fingerprint density at radius 2 is 0.988 bits per heavy atom. The predicted molar refractivity (Wildman–Crippen MR) is 292 cm³/mol. The smallest absolute Gasteiger partial charge is 0.290 e. The van der Waals surface area contributed by atoms with Crippen molar-refractivity contribution < 1.29 is 76.0 Å². The summed E-state index contributed by atoms with van der Waals surface area (Å²) in [5.41, 5.74) is -0.730. The summed E-state index contributed by atoms with van der Waals surface area (Å²) in [6.07, 6.45) is 3.19. The summed E-state index contributed by atoms with van der Waals surface area (Å²) in [6.45, 7) is 10.8. The molecule has 0 saturated carbocycles. The number of nitrogens with zero attached hydrogens (tertiary/aromatic N) is 4. The van der Waals surface area contributed by atoms with E-state index in [1.165, 1.54) is 23.6 Å². The van der Waals surface area contributed by atoms with Gasteiger partial charge in [-0.2, -0.15) is 0 Å². The topological polar surface area (TPSA) is 418 Å². The van der Waals surface area contributed by atoms with E-state index in [1.807, 2.05) is 0 Å². The van der Waals surface area contributed by atoms with E-state index < -0.39 is 144 Å². The lowest BCUT2D eigenvalue weighted by Crippen LogP contribution is -2.58. The number of hydrogen-bond donors (Lipinski definition) is 10. The molecule has 0 unspecified atom stereocenters. The normalized spacial score (nSPS) is 28.7. The first-order chi connectivity index (χ1) is 39.4. The van der Waals surface area contributed by atoms with Gasteiger partial charge in [-0.3, -0.25) is 67.1 Å². The molecule has 0 radical (unpaired) electrons. The summed E-state index contributed by atoms with van der Waals surface area (Å²) in [6, 6.07) is -12.9. The van der Waals surface area contributed by atoms with E-state index in [2.05, 4.69) is 63.1 Å². The second kappa shape index (κ2) is 29.4. The number of amides is 12. The van der Waals surface area contributed by atoms with Crippen LogP contribution in [0.1, 0.15) is 125 Å². The standard InChI is InChI=1S/C51H70N14O16S2/c1-8-9-28-38(68)46(76)56-26(6)48-62-32(17-80-48)42(72)60-34(40(70)52-13-30(54-21-66)50(78)64-15-24(4)11-36(64)44(74)58-28)19-82-83-20-35-41(71)53-14-31(55-22-67)51(79)65-16-25(5)12-37(65)45(75)59-29(10-23(2)3)39(69)47(77)57-27(7)49-63-33(18-81-49)43(73)61-35/h17-18,21-31,34-37H,8-16,19-20H2,1-7H3,(H,52,70)(H,53,71)(H,54,66)(H,55,67)(H,56,76)(H,57,77)(H,58,74)(H,59,75)(H,60,72)(H,61,73)/t24-,25-,26-,27-,28-,29-,30-,31-,34+,35+,36-,37-/m0/s1. The van der Waals surface area contributed by atoms with Crippen molar-refractivity contribution in [1.82, 2.24) is 72.9 Å². The Bertz CT molecular complexity index is 2810. The van der Waals surface area contributed by atoms with Crippen LogP contribution in [0.15, 0.2) is 21.4 Å². The number of fused-ring (bicyclic) bond motifs is 6. The molecule has 12 atom stereocenters. The number of Topliss-reactive ketones (excluding diaryl/α,β-unsaturated/α-hetero) is 2. The molecule has 0 aromatic carbocycles. The van der Waals surface area contributed by atoms with Gasteiger partial charge in [-0.05, 0) is 57.3 Å². The Labute approximate surface area is 484 Å². The maximum Gasteiger partial charge on any atom is 0.290 e. The van der Waals surface area contributed by atoms with Crippen molar-refractivity contribution in [3.05, 3.63) is 35.7 Å². The first-order valence-corrected chi connectivity index (χ1v) is 29.6.